The lowest BCUT2D eigenvalue weighted by molar-refractivity contribution is 0.594. The van der Waals surface area contributed by atoms with Gasteiger partial charge in [0.25, 0.3) is 5.56 Å². The quantitative estimate of drug-likeness (QED) is 0.652. The highest BCUT2D eigenvalue weighted by Gasteiger charge is 2.21. The van der Waals surface area contributed by atoms with Crippen LogP contribution in [0.2, 0.25) is 0 Å². The zero-order valence-electron chi connectivity index (χ0n) is 7.16. The fourth-order valence-electron chi connectivity index (χ4n) is 1.23. The van der Waals surface area contributed by atoms with Crippen LogP contribution in [0.25, 0.3) is 0 Å². The smallest absolute Gasteiger partial charge is 0.253 e. The number of nitrogens with zero attached hydrogens (tertiary/aromatic N) is 2. The van der Waals surface area contributed by atoms with Gasteiger partial charge in [-0.15, -0.1) is 0 Å². The molecule has 1 aromatic rings. The summed E-state index contributed by atoms with van der Waals surface area (Å²) in [6.45, 7) is 2.69. The molecule has 12 heavy (non-hydrogen) atoms. The molecule has 0 aliphatic heterocycles. The molecule has 0 amide bonds. The Hall–Kier alpha value is -1.12. The monoisotopic (exact) mass is 164 g/mol. The summed E-state index contributed by atoms with van der Waals surface area (Å²) in [4.78, 5) is 15.4. The molecule has 3 nitrogen and oxygen atoms in total. The molecule has 0 saturated heterocycles. The van der Waals surface area contributed by atoms with Crippen molar-refractivity contribution in [2.75, 3.05) is 0 Å². The Morgan fingerprint density at radius 3 is 3.00 bits per heavy atom. The van der Waals surface area contributed by atoms with Gasteiger partial charge in [-0.2, -0.15) is 0 Å². The Balaban J connectivity index is 2.24. The molecule has 0 N–H and O–H groups in total. The Bertz CT molecular complexity index is 339. The van der Waals surface area contributed by atoms with Crippen LogP contribution in [0.1, 0.15) is 18.5 Å². The van der Waals surface area contributed by atoms with Crippen molar-refractivity contribution in [3.05, 3.63) is 28.4 Å². The van der Waals surface area contributed by atoms with Gasteiger partial charge in [0.2, 0.25) is 0 Å². The summed E-state index contributed by atoms with van der Waals surface area (Å²) in [5.74, 6) is 0.729. The molecule has 1 aliphatic carbocycles. The predicted molar refractivity (Wildman–Crippen MR) is 46.0 cm³/mol. The molecule has 0 aromatic carbocycles. The molecule has 3 heteroatoms. The number of aromatic nitrogens is 2. The summed E-state index contributed by atoms with van der Waals surface area (Å²) in [5, 5.41) is 0. The predicted octanol–water partition coefficient (Wildman–Crippen LogP) is 0.962. The minimum atomic E-state index is 0.0781. The molecule has 0 spiro atoms. The van der Waals surface area contributed by atoms with Crippen LogP contribution in [0, 0.1) is 12.8 Å². The fraction of sp³-hybridized carbons (Fsp3) is 0.556. The van der Waals surface area contributed by atoms with E-state index in [0.29, 0.717) is 0 Å². The SMILES string of the molecule is Cc1cc(=O)n(CC2CC2)cn1. The van der Waals surface area contributed by atoms with Crippen molar-refractivity contribution in [3.8, 4) is 0 Å². The summed E-state index contributed by atoms with van der Waals surface area (Å²) < 4.78 is 1.70. The maximum absolute atomic E-state index is 11.3. The third-order valence-corrected chi connectivity index (χ3v) is 2.17. The van der Waals surface area contributed by atoms with Crippen molar-refractivity contribution in [3.63, 3.8) is 0 Å². The Labute approximate surface area is 71.1 Å². The highest BCUT2D eigenvalue weighted by Crippen LogP contribution is 2.29. The van der Waals surface area contributed by atoms with Gasteiger partial charge in [0.05, 0.1) is 6.33 Å². The normalized spacial score (nSPS) is 16.4. The van der Waals surface area contributed by atoms with Crippen LogP contribution in [0.4, 0.5) is 0 Å². The van der Waals surface area contributed by atoms with Gasteiger partial charge in [-0.3, -0.25) is 9.36 Å². The number of aryl methyl sites for hydroxylation is 1. The van der Waals surface area contributed by atoms with Gasteiger partial charge in [0.1, 0.15) is 0 Å². The number of hydrogen-bond donors (Lipinski definition) is 0. The summed E-state index contributed by atoms with van der Waals surface area (Å²) >= 11 is 0. The van der Waals surface area contributed by atoms with E-state index in [2.05, 4.69) is 4.98 Å². The molecule has 0 atom stereocenters. The largest absolute Gasteiger partial charge is 0.299 e. The lowest BCUT2D eigenvalue weighted by Crippen LogP contribution is -2.20. The second-order valence-corrected chi connectivity index (χ2v) is 3.46. The van der Waals surface area contributed by atoms with E-state index in [-0.39, 0.29) is 5.56 Å². The van der Waals surface area contributed by atoms with Crippen LogP contribution >= 0.6 is 0 Å². The van der Waals surface area contributed by atoms with Crippen LogP contribution in [0.3, 0.4) is 0 Å². The first kappa shape index (κ1) is 7.53. The lowest BCUT2D eigenvalue weighted by atomic mass is 10.4. The maximum atomic E-state index is 11.3. The van der Waals surface area contributed by atoms with Crippen molar-refractivity contribution in [2.24, 2.45) is 5.92 Å². The van der Waals surface area contributed by atoms with E-state index in [9.17, 15) is 4.79 Å². The van der Waals surface area contributed by atoms with Crippen LogP contribution in [-0.2, 0) is 6.54 Å². The first-order chi connectivity index (χ1) is 5.75. The molecular formula is C9H12N2O. The second kappa shape index (κ2) is 2.73. The topological polar surface area (TPSA) is 34.9 Å². The summed E-state index contributed by atoms with van der Waals surface area (Å²) in [5.41, 5.74) is 0.876. The van der Waals surface area contributed by atoms with Gasteiger partial charge in [-0.25, -0.2) is 4.98 Å². The van der Waals surface area contributed by atoms with Gasteiger partial charge in [-0.05, 0) is 25.7 Å². The molecule has 0 unspecified atom stereocenters. The Morgan fingerprint density at radius 1 is 1.67 bits per heavy atom. The highest BCUT2D eigenvalue weighted by atomic mass is 16.1. The van der Waals surface area contributed by atoms with Crippen LogP contribution < -0.4 is 5.56 Å². The number of rotatable bonds is 2. The standard InChI is InChI=1S/C9H12N2O/c1-7-4-9(12)11(6-10-7)5-8-2-3-8/h4,6,8H,2-3,5H2,1H3. The molecule has 1 fully saturated rings. The molecule has 1 saturated carbocycles. The number of hydrogen-bond acceptors (Lipinski definition) is 2. The summed E-state index contributed by atoms with van der Waals surface area (Å²) in [6.07, 6.45) is 4.18. The van der Waals surface area contributed by atoms with E-state index in [1.807, 2.05) is 6.92 Å². The molecule has 0 radical (unpaired) electrons. The zero-order chi connectivity index (χ0) is 8.55. The Morgan fingerprint density at radius 2 is 2.42 bits per heavy atom. The third kappa shape index (κ3) is 1.55. The maximum Gasteiger partial charge on any atom is 0.253 e. The first-order valence-corrected chi connectivity index (χ1v) is 4.29. The Kier molecular flexibility index (Phi) is 1.71. The zero-order valence-corrected chi connectivity index (χ0v) is 7.16. The molecule has 1 heterocycles. The molecule has 0 bridgehead atoms. The molecular weight excluding hydrogens is 152 g/mol. The van der Waals surface area contributed by atoms with Gasteiger partial charge in [0.15, 0.2) is 0 Å². The second-order valence-electron chi connectivity index (χ2n) is 3.46. The molecule has 1 aliphatic rings. The van der Waals surface area contributed by atoms with E-state index in [0.717, 1.165) is 18.2 Å². The summed E-state index contributed by atoms with van der Waals surface area (Å²) in [6, 6.07) is 1.59. The van der Waals surface area contributed by atoms with Crippen molar-refractivity contribution in [2.45, 2.75) is 26.3 Å². The average Bonchev–Trinajstić information content (AvgIpc) is 2.79. The van der Waals surface area contributed by atoms with Gasteiger partial charge < -0.3 is 0 Å². The molecule has 2 rings (SSSR count). The fourth-order valence-corrected chi connectivity index (χ4v) is 1.23. The van der Waals surface area contributed by atoms with Crippen molar-refractivity contribution in [1.29, 1.82) is 0 Å². The molecule has 64 valence electrons. The van der Waals surface area contributed by atoms with Gasteiger partial charge >= 0.3 is 0 Å². The first-order valence-electron chi connectivity index (χ1n) is 4.29. The van der Waals surface area contributed by atoms with Crippen LogP contribution in [-0.4, -0.2) is 9.55 Å². The van der Waals surface area contributed by atoms with Crippen LogP contribution in [0.5, 0.6) is 0 Å². The van der Waals surface area contributed by atoms with E-state index in [1.165, 1.54) is 12.8 Å². The van der Waals surface area contributed by atoms with E-state index in [4.69, 9.17) is 0 Å². The van der Waals surface area contributed by atoms with Crippen LogP contribution in [0.15, 0.2) is 17.2 Å². The lowest BCUT2D eigenvalue weighted by Gasteiger charge is -2.02. The minimum Gasteiger partial charge on any atom is -0.299 e. The van der Waals surface area contributed by atoms with Crippen molar-refractivity contribution < 1.29 is 0 Å². The van der Waals surface area contributed by atoms with Crippen molar-refractivity contribution in [1.82, 2.24) is 9.55 Å². The minimum absolute atomic E-state index is 0.0781. The van der Waals surface area contributed by atoms with Crippen molar-refractivity contribution >= 4 is 0 Å². The van der Waals surface area contributed by atoms with E-state index >= 15 is 0 Å². The van der Waals surface area contributed by atoms with Gasteiger partial charge in [0, 0.05) is 18.3 Å². The molecule has 1 aromatic heterocycles. The average molecular weight is 164 g/mol. The highest BCUT2D eigenvalue weighted by molar-refractivity contribution is 4.96. The van der Waals surface area contributed by atoms with Gasteiger partial charge in [-0.1, -0.05) is 0 Å². The van der Waals surface area contributed by atoms with E-state index < -0.39 is 0 Å². The van der Waals surface area contributed by atoms with E-state index in [1.54, 1.807) is 17.0 Å². The third-order valence-electron chi connectivity index (χ3n) is 2.17. The summed E-state index contributed by atoms with van der Waals surface area (Å²) in [7, 11) is 0.